The summed E-state index contributed by atoms with van der Waals surface area (Å²) in [5.74, 6) is -0.0291. The van der Waals surface area contributed by atoms with Crippen LogP contribution in [0.25, 0.3) is 11.4 Å². The number of aromatic amines is 1. The van der Waals surface area contributed by atoms with Crippen molar-refractivity contribution in [1.29, 1.82) is 0 Å². The molecule has 0 saturated heterocycles. The molecule has 0 aliphatic heterocycles. The molecule has 25 heavy (non-hydrogen) atoms. The second-order valence-electron chi connectivity index (χ2n) is 6.01. The highest BCUT2D eigenvalue weighted by molar-refractivity contribution is 9.10. The van der Waals surface area contributed by atoms with Crippen LogP contribution in [0.15, 0.2) is 62.3 Å². The molecule has 126 valence electrons. The van der Waals surface area contributed by atoms with Crippen molar-refractivity contribution in [1.82, 2.24) is 10.1 Å². The molecule has 0 spiro atoms. The Bertz CT molecular complexity index is 977. The first kappa shape index (κ1) is 15.8. The van der Waals surface area contributed by atoms with Crippen molar-refractivity contribution in [2.75, 3.05) is 5.32 Å². The van der Waals surface area contributed by atoms with Crippen LogP contribution in [0.5, 0.6) is 0 Å². The molecule has 7 heteroatoms. The number of aromatic nitrogens is 2. The van der Waals surface area contributed by atoms with Crippen LogP contribution in [0.2, 0.25) is 0 Å². The van der Waals surface area contributed by atoms with Crippen LogP contribution in [-0.2, 0) is 4.79 Å². The summed E-state index contributed by atoms with van der Waals surface area (Å²) in [6.45, 7) is 0. The highest BCUT2D eigenvalue weighted by Gasteiger charge is 2.43. The van der Waals surface area contributed by atoms with Crippen LogP contribution in [0.4, 0.5) is 5.69 Å². The third-order valence-electron chi connectivity index (χ3n) is 4.27. The number of H-pyrrole nitrogens is 1. The standard InChI is InChI=1S/C18H14BrN3O3/c19-12-6-4-10(5-7-12)14-9-15(14)17(23)20-13-3-1-2-11(8-13)16-21-18(24)25-22-16/h1-8,14-15H,9H2,(H,20,23)(H,21,22,24). The Morgan fingerprint density at radius 2 is 2.04 bits per heavy atom. The van der Waals surface area contributed by atoms with E-state index in [2.05, 4.69) is 35.9 Å². The van der Waals surface area contributed by atoms with E-state index < -0.39 is 5.76 Å². The van der Waals surface area contributed by atoms with Crippen molar-refractivity contribution in [2.24, 2.45) is 5.92 Å². The van der Waals surface area contributed by atoms with Gasteiger partial charge in [0.25, 0.3) is 0 Å². The highest BCUT2D eigenvalue weighted by atomic mass is 79.9. The Morgan fingerprint density at radius 1 is 1.24 bits per heavy atom. The lowest BCUT2D eigenvalue weighted by Gasteiger charge is -2.06. The zero-order chi connectivity index (χ0) is 17.4. The molecule has 1 amide bonds. The summed E-state index contributed by atoms with van der Waals surface area (Å²) >= 11 is 3.42. The molecule has 1 aromatic heterocycles. The SMILES string of the molecule is O=C(Nc1cccc(-c2noc(=O)[nH]2)c1)C1CC1c1ccc(Br)cc1. The second-order valence-corrected chi connectivity index (χ2v) is 6.93. The minimum Gasteiger partial charge on any atom is -0.326 e. The average molecular weight is 400 g/mol. The lowest BCUT2D eigenvalue weighted by Crippen LogP contribution is -2.14. The van der Waals surface area contributed by atoms with Crippen molar-refractivity contribution >= 4 is 27.5 Å². The van der Waals surface area contributed by atoms with Gasteiger partial charge in [-0.1, -0.05) is 45.4 Å². The average Bonchev–Trinajstić information content (AvgIpc) is 3.30. The zero-order valence-electron chi connectivity index (χ0n) is 13.0. The van der Waals surface area contributed by atoms with E-state index in [-0.39, 0.29) is 17.7 Å². The molecule has 1 heterocycles. The monoisotopic (exact) mass is 399 g/mol. The molecule has 1 fully saturated rings. The number of rotatable bonds is 4. The molecule has 2 atom stereocenters. The fourth-order valence-corrected chi connectivity index (χ4v) is 3.16. The lowest BCUT2D eigenvalue weighted by atomic mass is 10.1. The van der Waals surface area contributed by atoms with Gasteiger partial charge >= 0.3 is 5.76 Å². The molecule has 0 radical (unpaired) electrons. The van der Waals surface area contributed by atoms with Gasteiger partial charge in [-0.3, -0.25) is 14.3 Å². The predicted molar refractivity (Wildman–Crippen MR) is 96.2 cm³/mol. The minimum absolute atomic E-state index is 0.00119. The largest absolute Gasteiger partial charge is 0.439 e. The number of hydrogen-bond acceptors (Lipinski definition) is 4. The molecular weight excluding hydrogens is 386 g/mol. The number of hydrogen-bond donors (Lipinski definition) is 2. The van der Waals surface area contributed by atoms with E-state index in [9.17, 15) is 9.59 Å². The molecule has 2 unspecified atom stereocenters. The molecule has 1 aliphatic carbocycles. The van der Waals surface area contributed by atoms with Crippen molar-refractivity contribution in [2.45, 2.75) is 12.3 Å². The van der Waals surface area contributed by atoms with Gasteiger partial charge in [-0.15, -0.1) is 0 Å². The molecule has 2 N–H and O–H groups in total. The maximum atomic E-state index is 12.5. The Labute approximate surface area is 151 Å². The number of nitrogens with zero attached hydrogens (tertiary/aromatic N) is 1. The molecular formula is C18H14BrN3O3. The molecule has 6 nitrogen and oxygen atoms in total. The van der Waals surface area contributed by atoms with Gasteiger partial charge in [-0.2, -0.15) is 0 Å². The van der Waals surface area contributed by atoms with Gasteiger partial charge in [0.2, 0.25) is 5.91 Å². The van der Waals surface area contributed by atoms with Crippen molar-refractivity contribution in [3.63, 3.8) is 0 Å². The van der Waals surface area contributed by atoms with Crippen molar-refractivity contribution < 1.29 is 9.32 Å². The Hall–Kier alpha value is -2.67. The third-order valence-corrected chi connectivity index (χ3v) is 4.80. The summed E-state index contributed by atoms with van der Waals surface area (Å²) in [5, 5.41) is 6.59. The Morgan fingerprint density at radius 3 is 2.76 bits per heavy atom. The first-order valence-electron chi connectivity index (χ1n) is 7.83. The molecule has 2 aromatic carbocycles. The van der Waals surface area contributed by atoms with Gasteiger partial charge in [-0.25, -0.2) is 4.79 Å². The van der Waals surface area contributed by atoms with Gasteiger partial charge in [0.05, 0.1) is 0 Å². The topological polar surface area (TPSA) is 88.0 Å². The molecule has 1 saturated carbocycles. The summed E-state index contributed by atoms with van der Waals surface area (Å²) in [6, 6.07) is 15.2. The van der Waals surface area contributed by atoms with Gasteiger partial charge in [0, 0.05) is 21.6 Å². The molecule has 1 aliphatic rings. The molecule has 4 rings (SSSR count). The smallest absolute Gasteiger partial charge is 0.326 e. The van der Waals surface area contributed by atoms with Crippen LogP contribution >= 0.6 is 15.9 Å². The third kappa shape index (κ3) is 3.41. The summed E-state index contributed by atoms with van der Waals surface area (Å²) in [6.07, 6.45) is 0.851. The second kappa shape index (κ2) is 6.33. The van der Waals surface area contributed by atoms with Gasteiger partial charge in [0.1, 0.15) is 0 Å². The molecule has 3 aromatic rings. The first-order valence-corrected chi connectivity index (χ1v) is 8.62. The maximum Gasteiger partial charge on any atom is 0.439 e. The summed E-state index contributed by atoms with van der Waals surface area (Å²) in [4.78, 5) is 26.0. The Balaban J connectivity index is 1.45. The fraction of sp³-hybridized carbons (Fsp3) is 0.167. The van der Waals surface area contributed by atoms with E-state index in [0.29, 0.717) is 17.1 Å². The van der Waals surface area contributed by atoms with Gasteiger partial charge in [0.15, 0.2) is 5.82 Å². The maximum absolute atomic E-state index is 12.5. The normalized spacial score (nSPS) is 18.8. The molecule has 0 bridgehead atoms. The number of halogens is 1. The summed E-state index contributed by atoms with van der Waals surface area (Å²) < 4.78 is 5.54. The van der Waals surface area contributed by atoms with Crippen LogP contribution in [0.1, 0.15) is 17.9 Å². The number of amides is 1. The van der Waals surface area contributed by atoms with E-state index in [1.165, 1.54) is 5.56 Å². The first-order chi connectivity index (χ1) is 12.1. The van der Waals surface area contributed by atoms with E-state index in [4.69, 9.17) is 0 Å². The van der Waals surface area contributed by atoms with Crippen LogP contribution in [0.3, 0.4) is 0 Å². The predicted octanol–water partition coefficient (Wildman–Crippen LogP) is 3.53. The number of nitrogens with one attached hydrogen (secondary N) is 2. The van der Waals surface area contributed by atoms with Crippen LogP contribution in [0, 0.1) is 5.92 Å². The number of benzene rings is 2. The highest BCUT2D eigenvalue weighted by Crippen LogP contribution is 2.48. The lowest BCUT2D eigenvalue weighted by molar-refractivity contribution is -0.117. The van der Waals surface area contributed by atoms with E-state index >= 15 is 0 Å². The zero-order valence-corrected chi connectivity index (χ0v) is 14.6. The number of carbonyl (C=O) groups excluding carboxylic acids is 1. The summed E-state index contributed by atoms with van der Waals surface area (Å²) in [7, 11) is 0. The van der Waals surface area contributed by atoms with Gasteiger partial charge in [-0.05, 0) is 42.2 Å². The minimum atomic E-state index is -0.611. The van der Waals surface area contributed by atoms with E-state index in [1.54, 1.807) is 24.3 Å². The van der Waals surface area contributed by atoms with E-state index in [0.717, 1.165) is 10.9 Å². The number of carbonyl (C=O) groups is 1. The van der Waals surface area contributed by atoms with Crippen LogP contribution in [-0.4, -0.2) is 16.0 Å². The quantitative estimate of drug-likeness (QED) is 0.702. The van der Waals surface area contributed by atoms with E-state index in [1.807, 2.05) is 24.3 Å². The fourth-order valence-electron chi connectivity index (χ4n) is 2.90. The van der Waals surface area contributed by atoms with Crippen molar-refractivity contribution in [3.05, 3.63) is 69.1 Å². The van der Waals surface area contributed by atoms with Gasteiger partial charge < -0.3 is 5.32 Å². The van der Waals surface area contributed by atoms with Crippen LogP contribution < -0.4 is 11.1 Å². The van der Waals surface area contributed by atoms with Crippen molar-refractivity contribution in [3.8, 4) is 11.4 Å². The Kier molecular flexibility index (Phi) is 4.01. The number of anilines is 1. The summed E-state index contributed by atoms with van der Waals surface area (Å²) in [5.41, 5.74) is 2.51.